The maximum Gasteiger partial charge on any atom is 2.00 e. The largest absolute Gasteiger partial charge is 2.00 e. The number of hydrogen-bond acceptors (Lipinski definition) is 12. The molecule has 0 amide bonds. The van der Waals surface area contributed by atoms with Gasteiger partial charge < -0.3 is 30.6 Å². The first-order valence-corrected chi connectivity index (χ1v) is 43.5. The molecule has 3 aliphatic rings. The van der Waals surface area contributed by atoms with Crippen LogP contribution in [0.2, 0.25) is 0 Å². The number of benzene rings is 9. The minimum Gasteiger partial charge on any atom is -0.872 e. The third kappa shape index (κ3) is 21.7. The van der Waals surface area contributed by atoms with Crippen LogP contribution in [0.3, 0.4) is 0 Å². The Kier molecular flexibility index (Phi) is 28.5. The summed E-state index contributed by atoms with van der Waals surface area (Å²) in [5.74, 6) is -2.16. The van der Waals surface area contributed by atoms with Crippen molar-refractivity contribution < 1.29 is 80.1 Å². The third-order valence-electron chi connectivity index (χ3n) is 24.2. The van der Waals surface area contributed by atoms with Gasteiger partial charge in [-0.2, -0.15) is 0 Å². The Morgan fingerprint density at radius 1 is 0.176 bits per heavy atom. The van der Waals surface area contributed by atoms with E-state index in [9.17, 15) is 0 Å². The van der Waals surface area contributed by atoms with Gasteiger partial charge >= 0.3 is 49.5 Å². The second-order valence-corrected chi connectivity index (χ2v) is 47.0. The molecule has 0 spiro atoms. The van der Waals surface area contributed by atoms with Crippen molar-refractivity contribution >= 4 is 71.4 Å². The standard InChI is InChI=1S/C110H140N6O6.3Ni/c1-99(2,3)67-37-61(93(117)79(43-67)105(19,20)21)55-111-85-49-73-74(50-86(85)112-56-62-38-68(100(4,5)6)44-80(94(62)118)106(22,23)24)92-77-53-89(115-59-65-41-71(103(13,14)15)47-83(97(65)121)109(31,32)33)87(113-57-63-39-69(101(7,8)9)45-81(95(63)119)107(25,26)27)51-75(77)91(73)76-52-88(114-58-64-40-70(102(10,11)12)46-82(96(64)120)108(28,29)30)90(54-78(76)92)116-60-66-42-72(104(16,17)18)48-84(98(66)122)110(34,35)36;;;/h37-60,91-92,117-122H,1-36H3;;;/q;3*+2/p-6. The van der Waals surface area contributed by atoms with E-state index in [2.05, 4.69) is 286 Å². The molecule has 0 atom stereocenters. The monoisotopic (exact) mass is 1810 g/mol. The van der Waals surface area contributed by atoms with Crippen molar-refractivity contribution in [3.8, 4) is 34.5 Å². The van der Waals surface area contributed by atoms with Crippen LogP contribution in [-0.2, 0) is 114 Å². The molecule has 12 rings (SSSR count). The molecule has 0 radical (unpaired) electrons. The summed E-state index contributed by atoms with van der Waals surface area (Å²) >= 11 is 0. The predicted molar refractivity (Wildman–Crippen MR) is 504 cm³/mol. The maximum absolute atomic E-state index is 15.1. The Labute approximate surface area is 779 Å². The summed E-state index contributed by atoms with van der Waals surface area (Å²) in [5.41, 5.74) is 14.9. The maximum atomic E-state index is 15.1. The van der Waals surface area contributed by atoms with Gasteiger partial charge in [-0.3, -0.25) is 30.0 Å². The SMILES string of the molecule is CC(C)(C)c1cc(C=Nc2cc3c(cc2N=Cc2cc(C(C)(C)C)cc(C(C)(C)C)c2[O-])C2c4cc(N=Cc5cc(C(C)(C)C)cc(C(C)(C)C)c5[O-])c(N=Cc5cc(C(C)(C)C)cc(C(C)(C)C)c5[O-])cc4C3c3cc(N=Cc4cc(C(C)(C)C)cc(C(C)(C)C)c4[O-])c(N=Cc4cc(C(C)(C)C)cc(C(C)(C)C)c4[O-])cc32)c([O-])c(C(C)(C)C)c1.[Ni+2].[Ni+2].[Ni+2]. The average molecular weight is 1810 g/mol. The molecule has 0 aliphatic heterocycles. The van der Waals surface area contributed by atoms with Crippen molar-refractivity contribution in [3.05, 3.63) is 243 Å². The number of aliphatic imine (C=N–C) groups is 6. The van der Waals surface area contributed by atoms with Crippen LogP contribution in [0, 0.1) is 0 Å². The van der Waals surface area contributed by atoms with Crippen molar-refractivity contribution in [2.24, 2.45) is 30.0 Å². The number of rotatable bonds is 12. The Morgan fingerprint density at radius 3 is 0.384 bits per heavy atom. The van der Waals surface area contributed by atoms with Crippen LogP contribution in [0.5, 0.6) is 34.5 Å². The first kappa shape index (κ1) is 102. The molecule has 0 aromatic heterocycles. The topological polar surface area (TPSA) is 213 Å². The molecule has 15 heteroatoms. The van der Waals surface area contributed by atoms with Crippen LogP contribution >= 0.6 is 0 Å². The van der Waals surface area contributed by atoms with Gasteiger partial charge in [0.05, 0.1) is 34.1 Å². The zero-order valence-electron chi connectivity index (χ0n) is 81.1. The molecule has 0 unspecified atom stereocenters. The first-order chi connectivity index (χ1) is 55.5. The summed E-state index contributed by atoms with van der Waals surface area (Å²) in [5, 5.41) is 90.7. The molecule has 0 saturated carbocycles. The van der Waals surface area contributed by atoms with Gasteiger partial charge in [-0.15, -0.1) is 0 Å². The molecule has 9 aromatic rings. The van der Waals surface area contributed by atoms with E-state index in [0.717, 1.165) is 66.8 Å². The minimum absolute atomic E-state index is 0. The Hall–Kier alpha value is -8.72. The zero-order valence-corrected chi connectivity index (χ0v) is 84.1. The molecular weight excluding hydrogens is 1680 g/mol. The Balaban J connectivity index is 0.00000645. The van der Waals surface area contributed by atoms with Gasteiger partial charge in [-0.05, 0) is 235 Å². The van der Waals surface area contributed by atoms with E-state index in [0.29, 0.717) is 101 Å². The molecule has 3 aliphatic carbocycles. The fourth-order valence-corrected chi connectivity index (χ4v) is 16.2. The molecule has 125 heavy (non-hydrogen) atoms. The summed E-state index contributed by atoms with van der Waals surface area (Å²) in [7, 11) is 0. The summed E-state index contributed by atoms with van der Waals surface area (Å²) < 4.78 is 0. The minimum atomic E-state index is -0.667. The second-order valence-electron chi connectivity index (χ2n) is 47.0. The van der Waals surface area contributed by atoms with Gasteiger partial charge in [-0.25, -0.2) is 0 Å². The van der Waals surface area contributed by atoms with Gasteiger partial charge in [0, 0.05) is 49.1 Å². The van der Waals surface area contributed by atoms with Crippen LogP contribution < -0.4 is 30.6 Å². The molecule has 0 fully saturated rings. The van der Waals surface area contributed by atoms with Crippen LogP contribution in [0.15, 0.2) is 139 Å². The molecule has 670 valence electrons. The van der Waals surface area contributed by atoms with Crippen LogP contribution in [0.25, 0.3) is 0 Å². The molecule has 2 bridgehead atoms. The van der Waals surface area contributed by atoms with E-state index in [-0.39, 0.29) is 116 Å². The normalized spacial score (nSPS) is 15.2. The zero-order chi connectivity index (χ0) is 91.2. The van der Waals surface area contributed by atoms with Crippen molar-refractivity contribution in [1.29, 1.82) is 0 Å². The van der Waals surface area contributed by atoms with Crippen LogP contribution in [-0.4, -0.2) is 37.3 Å². The van der Waals surface area contributed by atoms with Gasteiger partial charge in [0.15, 0.2) is 0 Å². The smallest absolute Gasteiger partial charge is 0.872 e. The van der Waals surface area contributed by atoms with Crippen molar-refractivity contribution in [2.75, 3.05) is 0 Å². The van der Waals surface area contributed by atoms with Gasteiger partial charge in [0.25, 0.3) is 0 Å². The molecule has 12 nitrogen and oxygen atoms in total. The van der Waals surface area contributed by atoms with E-state index in [1.807, 2.05) is 72.8 Å². The van der Waals surface area contributed by atoms with Crippen molar-refractivity contribution in [3.63, 3.8) is 0 Å². The van der Waals surface area contributed by atoms with Crippen LogP contribution in [0.1, 0.15) is 395 Å². The molecular formula is C110H134N6Ni3O6. The van der Waals surface area contributed by atoms with E-state index in [4.69, 9.17) is 30.0 Å². The first-order valence-electron chi connectivity index (χ1n) is 43.5. The Morgan fingerprint density at radius 2 is 0.288 bits per heavy atom. The number of hydrogen-bond donors (Lipinski definition) is 0. The summed E-state index contributed by atoms with van der Waals surface area (Å²) in [6.07, 6.45) is 10.00. The van der Waals surface area contributed by atoms with Gasteiger partial charge in [0.1, 0.15) is 0 Å². The van der Waals surface area contributed by atoms with E-state index >= 15 is 30.6 Å². The van der Waals surface area contributed by atoms with E-state index in [1.165, 1.54) is 0 Å². The second kappa shape index (κ2) is 35.0. The summed E-state index contributed by atoms with van der Waals surface area (Å²) in [6.45, 7) is 75.4. The third-order valence-corrected chi connectivity index (χ3v) is 24.2. The van der Waals surface area contributed by atoms with Crippen molar-refractivity contribution in [2.45, 2.75) is 326 Å². The van der Waals surface area contributed by atoms with Crippen molar-refractivity contribution in [1.82, 2.24) is 0 Å². The summed E-state index contributed by atoms with van der Waals surface area (Å²) in [6, 6.07) is 36.3. The molecule has 0 heterocycles. The quantitative estimate of drug-likeness (QED) is 0.0856. The summed E-state index contributed by atoms with van der Waals surface area (Å²) in [4.78, 5) is 32.6. The molecule has 0 N–H and O–H groups in total. The number of nitrogens with zero attached hydrogens (tertiary/aromatic N) is 6. The van der Waals surface area contributed by atoms with Gasteiger partial charge in [-0.1, -0.05) is 357 Å². The fourth-order valence-electron chi connectivity index (χ4n) is 16.2. The van der Waals surface area contributed by atoms with Gasteiger partial charge in [0.2, 0.25) is 0 Å². The van der Waals surface area contributed by atoms with E-state index < -0.39 is 44.3 Å². The van der Waals surface area contributed by atoms with E-state index in [1.54, 1.807) is 37.3 Å². The average Bonchev–Trinajstić information content (AvgIpc) is 0.690. The predicted octanol–water partition coefficient (Wildman–Crippen LogP) is 25.2. The Bertz CT molecular complexity index is 4920. The molecule has 0 saturated heterocycles. The fraction of sp³-hybridized carbons (Fsp3) is 0.455. The van der Waals surface area contributed by atoms with Crippen LogP contribution in [0.4, 0.5) is 34.1 Å². The molecule has 9 aromatic carbocycles.